The molecule has 0 aliphatic rings. The van der Waals surface area contributed by atoms with E-state index >= 15 is 0 Å². The molecule has 0 aromatic heterocycles. The molecule has 0 bridgehead atoms. The van der Waals surface area contributed by atoms with E-state index in [2.05, 4.69) is 0 Å². The fourth-order valence-corrected chi connectivity index (χ4v) is 2.11. The van der Waals surface area contributed by atoms with Gasteiger partial charge in [0.25, 0.3) is 0 Å². The molecule has 0 fully saturated rings. The van der Waals surface area contributed by atoms with Gasteiger partial charge in [0, 0.05) is 46.6 Å². The Kier molecular flexibility index (Phi) is 7.60. The summed E-state index contributed by atoms with van der Waals surface area (Å²) < 4.78 is 0. The Morgan fingerprint density at radius 2 is 1.59 bits per heavy atom. The topological polar surface area (TPSA) is 43.9 Å². The van der Waals surface area contributed by atoms with E-state index in [-0.39, 0.29) is 11.8 Å². The molecule has 22 heavy (non-hydrogen) atoms. The monoisotopic (exact) mass is 305 g/mol. The Balaban J connectivity index is 2.43. The van der Waals surface area contributed by atoms with Crippen LogP contribution in [-0.4, -0.2) is 67.3 Å². The molecule has 2 amide bonds. The molecule has 0 radical (unpaired) electrons. The number of carbonyl (C=O) groups is 2. The first-order chi connectivity index (χ1) is 10.4. The number of nitrogens with zero attached hydrogens (tertiary/aromatic N) is 3. The molecular formula is C17H27N3O2. The van der Waals surface area contributed by atoms with E-state index < -0.39 is 0 Å². The molecule has 0 spiro atoms. The van der Waals surface area contributed by atoms with Gasteiger partial charge in [0.1, 0.15) is 0 Å². The number of hydrogen-bond donors (Lipinski definition) is 0. The van der Waals surface area contributed by atoms with Gasteiger partial charge in [-0.15, -0.1) is 0 Å². The van der Waals surface area contributed by atoms with Crippen molar-refractivity contribution in [3.8, 4) is 0 Å². The van der Waals surface area contributed by atoms with Crippen molar-refractivity contribution >= 4 is 11.8 Å². The van der Waals surface area contributed by atoms with Gasteiger partial charge in [-0.25, -0.2) is 0 Å². The number of rotatable bonds is 8. The molecule has 122 valence electrons. The summed E-state index contributed by atoms with van der Waals surface area (Å²) in [5, 5.41) is 0. The molecule has 1 rings (SSSR count). The first kappa shape index (κ1) is 18.2. The lowest BCUT2D eigenvalue weighted by Gasteiger charge is -2.24. The molecular weight excluding hydrogens is 278 g/mol. The average Bonchev–Trinajstić information content (AvgIpc) is 2.47. The fourth-order valence-electron chi connectivity index (χ4n) is 2.11. The Morgan fingerprint density at radius 1 is 0.955 bits per heavy atom. The van der Waals surface area contributed by atoms with Crippen LogP contribution in [0.3, 0.4) is 0 Å². The van der Waals surface area contributed by atoms with E-state index in [1.54, 1.807) is 23.8 Å². The van der Waals surface area contributed by atoms with Gasteiger partial charge in [0.2, 0.25) is 11.8 Å². The van der Waals surface area contributed by atoms with Crippen molar-refractivity contribution in [1.82, 2.24) is 14.7 Å². The van der Waals surface area contributed by atoms with E-state index in [9.17, 15) is 9.59 Å². The summed E-state index contributed by atoms with van der Waals surface area (Å²) in [7, 11) is 5.74. The third kappa shape index (κ3) is 6.72. The van der Waals surface area contributed by atoms with Crippen molar-refractivity contribution in [2.75, 3.05) is 40.8 Å². The highest BCUT2D eigenvalue weighted by Gasteiger charge is 2.14. The highest BCUT2D eigenvalue weighted by Crippen LogP contribution is 2.05. The van der Waals surface area contributed by atoms with Crippen LogP contribution < -0.4 is 0 Å². The maximum Gasteiger partial charge on any atom is 0.224 e. The maximum absolute atomic E-state index is 12.2. The lowest BCUT2D eigenvalue weighted by Crippen LogP contribution is -2.38. The van der Waals surface area contributed by atoms with Crippen molar-refractivity contribution in [2.45, 2.75) is 19.9 Å². The number of carbonyl (C=O) groups excluding carboxylic acids is 2. The number of amides is 2. The third-order valence-corrected chi connectivity index (χ3v) is 3.55. The Bertz CT molecular complexity index is 474. The molecule has 0 aliphatic carbocycles. The summed E-state index contributed by atoms with van der Waals surface area (Å²) in [6, 6.07) is 9.89. The minimum Gasteiger partial charge on any atom is -0.341 e. The van der Waals surface area contributed by atoms with Gasteiger partial charge in [0.15, 0.2) is 0 Å². The van der Waals surface area contributed by atoms with Gasteiger partial charge < -0.3 is 14.7 Å². The minimum absolute atomic E-state index is 0.0142. The first-order valence-corrected chi connectivity index (χ1v) is 7.58. The van der Waals surface area contributed by atoms with Crippen LogP contribution in [0.4, 0.5) is 0 Å². The van der Waals surface area contributed by atoms with Crippen molar-refractivity contribution in [1.29, 1.82) is 0 Å². The summed E-state index contributed by atoms with van der Waals surface area (Å²) in [6.45, 7) is 4.07. The van der Waals surface area contributed by atoms with Crippen molar-refractivity contribution in [2.24, 2.45) is 0 Å². The Hall–Kier alpha value is -1.88. The molecule has 0 atom stereocenters. The largest absolute Gasteiger partial charge is 0.341 e. The predicted molar refractivity (Wildman–Crippen MR) is 88.3 cm³/mol. The molecule has 0 heterocycles. The van der Waals surface area contributed by atoms with Gasteiger partial charge in [-0.05, 0) is 19.7 Å². The third-order valence-electron chi connectivity index (χ3n) is 3.55. The van der Waals surface area contributed by atoms with Gasteiger partial charge in [0.05, 0.1) is 0 Å². The molecule has 0 unspecified atom stereocenters. The number of likely N-dealkylation sites (N-methyl/N-ethyl adjacent to an activating group) is 1. The molecule has 0 N–H and O–H groups in total. The Morgan fingerprint density at radius 3 is 2.14 bits per heavy atom. The average molecular weight is 305 g/mol. The first-order valence-electron chi connectivity index (χ1n) is 7.58. The van der Waals surface area contributed by atoms with Gasteiger partial charge in [-0.1, -0.05) is 30.3 Å². The molecule has 5 heteroatoms. The van der Waals surface area contributed by atoms with Crippen molar-refractivity contribution < 1.29 is 9.59 Å². The van der Waals surface area contributed by atoms with Crippen LogP contribution in [0.2, 0.25) is 0 Å². The summed E-state index contributed by atoms with van der Waals surface area (Å²) in [4.78, 5) is 29.3. The highest BCUT2D eigenvalue weighted by molar-refractivity contribution is 5.78. The zero-order chi connectivity index (χ0) is 16.5. The molecule has 0 saturated heterocycles. The van der Waals surface area contributed by atoms with Gasteiger partial charge >= 0.3 is 0 Å². The van der Waals surface area contributed by atoms with Crippen LogP contribution in [-0.2, 0) is 16.1 Å². The predicted octanol–water partition coefficient (Wildman–Crippen LogP) is 1.45. The Labute approximate surface area is 133 Å². The van der Waals surface area contributed by atoms with Crippen LogP contribution in [0, 0.1) is 0 Å². The van der Waals surface area contributed by atoms with Crippen LogP contribution in [0.5, 0.6) is 0 Å². The summed E-state index contributed by atoms with van der Waals surface area (Å²) in [5.74, 6) is 0.0697. The summed E-state index contributed by atoms with van der Waals surface area (Å²) in [5.41, 5.74) is 1.11. The van der Waals surface area contributed by atoms with E-state index in [1.165, 1.54) is 0 Å². The normalized spacial score (nSPS) is 10.6. The maximum atomic E-state index is 12.2. The van der Waals surface area contributed by atoms with Crippen molar-refractivity contribution in [3.05, 3.63) is 35.9 Å². The van der Waals surface area contributed by atoms with Crippen LogP contribution >= 0.6 is 0 Å². The number of hydrogen-bond acceptors (Lipinski definition) is 3. The molecule has 1 aromatic carbocycles. The second kappa shape index (κ2) is 9.20. The minimum atomic E-state index is 0.0142. The van der Waals surface area contributed by atoms with Crippen LogP contribution in [0.25, 0.3) is 0 Å². The molecule has 0 aliphatic heterocycles. The molecule has 5 nitrogen and oxygen atoms in total. The fraction of sp³-hybridized carbons (Fsp3) is 0.529. The second-order valence-corrected chi connectivity index (χ2v) is 5.79. The number of benzene rings is 1. The summed E-state index contributed by atoms with van der Waals surface area (Å²) >= 11 is 0. The summed E-state index contributed by atoms with van der Waals surface area (Å²) in [6.07, 6.45) is 0.357. The zero-order valence-electron chi connectivity index (χ0n) is 14.1. The van der Waals surface area contributed by atoms with E-state index in [0.717, 1.165) is 12.1 Å². The van der Waals surface area contributed by atoms with Crippen LogP contribution in [0.1, 0.15) is 18.9 Å². The highest BCUT2D eigenvalue weighted by atomic mass is 16.2. The van der Waals surface area contributed by atoms with Gasteiger partial charge in [-0.2, -0.15) is 0 Å². The lowest BCUT2D eigenvalue weighted by molar-refractivity contribution is -0.133. The zero-order valence-corrected chi connectivity index (χ0v) is 14.1. The smallest absolute Gasteiger partial charge is 0.224 e. The van der Waals surface area contributed by atoms with Crippen molar-refractivity contribution in [3.63, 3.8) is 0 Å². The van der Waals surface area contributed by atoms with Crippen LogP contribution in [0.15, 0.2) is 30.3 Å². The second-order valence-electron chi connectivity index (χ2n) is 5.79. The quantitative estimate of drug-likeness (QED) is 0.730. The van der Waals surface area contributed by atoms with E-state index in [1.807, 2.05) is 49.3 Å². The molecule has 1 aromatic rings. The lowest BCUT2D eigenvalue weighted by atomic mass is 10.2. The van der Waals surface area contributed by atoms with Gasteiger partial charge in [-0.3, -0.25) is 9.59 Å². The molecule has 0 saturated carbocycles. The standard InChI is InChI=1S/C17H27N3O2/c1-15(21)20(13-12-18(2)3)11-10-17(22)19(4)14-16-8-6-5-7-9-16/h5-9H,10-14H2,1-4H3. The van der Waals surface area contributed by atoms with E-state index in [4.69, 9.17) is 0 Å². The SMILES string of the molecule is CC(=O)N(CCC(=O)N(C)Cc1ccccc1)CCN(C)C. The van der Waals surface area contributed by atoms with E-state index in [0.29, 0.717) is 26.1 Å².